The van der Waals surface area contributed by atoms with Crippen molar-refractivity contribution in [2.45, 2.75) is 19.4 Å². The summed E-state index contributed by atoms with van der Waals surface area (Å²) in [6.07, 6.45) is 4.24. The third-order valence-electron chi connectivity index (χ3n) is 3.00. The summed E-state index contributed by atoms with van der Waals surface area (Å²) in [5.74, 6) is -0.0581. The van der Waals surface area contributed by atoms with Crippen LogP contribution >= 0.6 is 0 Å². The van der Waals surface area contributed by atoms with Crippen molar-refractivity contribution in [1.82, 2.24) is 5.32 Å². The third kappa shape index (κ3) is 4.73. The molecule has 20 heavy (non-hydrogen) atoms. The van der Waals surface area contributed by atoms with E-state index in [0.29, 0.717) is 0 Å². The maximum atomic E-state index is 11.8. The van der Waals surface area contributed by atoms with Crippen molar-refractivity contribution in [2.75, 3.05) is 0 Å². The summed E-state index contributed by atoms with van der Waals surface area (Å²) in [4.78, 5) is 11.8. The fourth-order valence-corrected chi connectivity index (χ4v) is 2.05. The quantitative estimate of drug-likeness (QED) is 0.824. The normalized spacial score (nSPS) is 12.2. The largest absolute Gasteiger partial charge is 0.350 e. The van der Waals surface area contributed by atoms with Crippen LogP contribution in [0.25, 0.3) is 6.08 Å². The van der Waals surface area contributed by atoms with Crippen molar-refractivity contribution in [3.8, 4) is 0 Å². The van der Waals surface area contributed by atoms with Gasteiger partial charge in [0.1, 0.15) is 0 Å². The lowest BCUT2D eigenvalue weighted by molar-refractivity contribution is -0.117. The van der Waals surface area contributed by atoms with E-state index in [0.717, 1.165) is 12.0 Å². The summed E-state index contributed by atoms with van der Waals surface area (Å²) in [7, 11) is 0. The van der Waals surface area contributed by atoms with Gasteiger partial charge in [0.25, 0.3) is 0 Å². The standard InChI is InChI=1S/C18H19NO/c1-15(14-17-10-6-3-7-11-17)19-18(20)13-12-16-8-4-2-5-9-16/h2-13,15H,14H2,1H3,(H,19,20)/b13-12-. The topological polar surface area (TPSA) is 29.1 Å². The molecule has 2 nitrogen and oxygen atoms in total. The van der Waals surface area contributed by atoms with E-state index in [9.17, 15) is 4.79 Å². The van der Waals surface area contributed by atoms with Gasteiger partial charge in [-0.05, 0) is 30.5 Å². The molecule has 1 unspecified atom stereocenters. The molecule has 1 N–H and O–H groups in total. The average molecular weight is 265 g/mol. The molecular weight excluding hydrogens is 246 g/mol. The summed E-state index contributed by atoms with van der Waals surface area (Å²) in [6, 6.07) is 20.1. The summed E-state index contributed by atoms with van der Waals surface area (Å²) in [6.45, 7) is 2.02. The maximum Gasteiger partial charge on any atom is 0.244 e. The zero-order chi connectivity index (χ0) is 14.2. The lowest BCUT2D eigenvalue weighted by Crippen LogP contribution is -2.32. The summed E-state index contributed by atoms with van der Waals surface area (Å²) in [5, 5.41) is 2.97. The predicted molar refractivity (Wildman–Crippen MR) is 83.2 cm³/mol. The van der Waals surface area contributed by atoms with E-state index >= 15 is 0 Å². The fourth-order valence-electron chi connectivity index (χ4n) is 2.05. The molecule has 1 amide bonds. The van der Waals surface area contributed by atoms with E-state index in [1.54, 1.807) is 6.08 Å². The zero-order valence-corrected chi connectivity index (χ0v) is 11.6. The smallest absolute Gasteiger partial charge is 0.244 e. The van der Waals surface area contributed by atoms with Gasteiger partial charge in [0.2, 0.25) is 5.91 Å². The molecule has 102 valence electrons. The van der Waals surface area contributed by atoms with Gasteiger partial charge in [-0.15, -0.1) is 0 Å². The van der Waals surface area contributed by atoms with Crippen molar-refractivity contribution in [1.29, 1.82) is 0 Å². The highest BCUT2D eigenvalue weighted by molar-refractivity contribution is 5.91. The van der Waals surface area contributed by atoms with Gasteiger partial charge in [0.05, 0.1) is 0 Å². The molecule has 0 spiro atoms. The lowest BCUT2D eigenvalue weighted by Gasteiger charge is -2.12. The first-order valence-electron chi connectivity index (χ1n) is 6.81. The molecule has 0 aliphatic rings. The molecule has 0 heterocycles. The molecule has 1 atom stereocenters. The van der Waals surface area contributed by atoms with E-state index in [-0.39, 0.29) is 11.9 Å². The van der Waals surface area contributed by atoms with Crippen LogP contribution in [0.4, 0.5) is 0 Å². The van der Waals surface area contributed by atoms with Gasteiger partial charge < -0.3 is 5.32 Å². The van der Waals surface area contributed by atoms with E-state index in [1.807, 2.05) is 61.5 Å². The van der Waals surface area contributed by atoms with E-state index in [1.165, 1.54) is 5.56 Å². The predicted octanol–water partition coefficient (Wildman–Crippen LogP) is 3.45. The number of amides is 1. The van der Waals surface area contributed by atoms with Crippen LogP contribution in [0.15, 0.2) is 66.7 Å². The molecule has 2 aromatic rings. The summed E-state index contributed by atoms with van der Waals surface area (Å²) >= 11 is 0. The van der Waals surface area contributed by atoms with Crippen molar-refractivity contribution in [2.24, 2.45) is 0 Å². The van der Waals surface area contributed by atoms with Crippen LogP contribution in [0.1, 0.15) is 18.1 Å². The second kappa shape index (κ2) is 7.29. The summed E-state index contributed by atoms with van der Waals surface area (Å²) in [5.41, 5.74) is 2.26. The molecule has 0 aromatic heterocycles. The highest BCUT2D eigenvalue weighted by Gasteiger charge is 2.05. The molecule has 0 bridgehead atoms. The number of hydrogen-bond acceptors (Lipinski definition) is 1. The molecule has 0 saturated carbocycles. The Kier molecular flexibility index (Phi) is 5.13. The number of carbonyl (C=O) groups is 1. The van der Waals surface area contributed by atoms with Gasteiger partial charge in [0, 0.05) is 12.1 Å². The lowest BCUT2D eigenvalue weighted by atomic mass is 10.1. The van der Waals surface area contributed by atoms with Gasteiger partial charge in [-0.1, -0.05) is 60.7 Å². The van der Waals surface area contributed by atoms with E-state index in [2.05, 4.69) is 17.4 Å². The van der Waals surface area contributed by atoms with Gasteiger partial charge in [-0.25, -0.2) is 0 Å². The highest BCUT2D eigenvalue weighted by atomic mass is 16.1. The first-order chi connectivity index (χ1) is 9.74. The van der Waals surface area contributed by atoms with Gasteiger partial charge in [0.15, 0.2) is 0 Å². The Balaban J connectivity index is 1.84. The molecule has 2 heteroatoms. The second-order valence-electron chi connectivity index (χ2n) is 4.84. The molecule has 2 rings (SSSR count). The Morgan fingerprint density at radius 3 is 2.30 bits per heavy atom. The van der Waals surface area contributed by atoms with Gasteiger partial charge >= 0.3 is 0 Å². The molecule has 0 aliphatic carbocycles. The van der Waals surface area contributed by atoms with Crippen molar-refractivity contribution in [3.05, 3.63) is 77.9 Å². The second-order valence-corrected chi connectivity index (χ2v) is 4.84. The average Bonchev–Trinajstić information content (AvgIpc) is 2.47. The first-order valence-corrected chi connectivity index (χ1v) is 6.81. The van der Waals surface area contributed by atoms with Gasteiger partial charge in [-0.2, -0.15) is 0 Å². The van der Waals surface area contributed by atoms with E-state index < -0.39 is 0 Å². The zero-order valence-electron chi connectivity index (χ0n) is 11.6. The molecule has 2 aromatic carbocycles. The van der Waals surface area contributed by atoms with Crippen molar-refractivity contribution in [3.63, 3.8) is 0 Å². The minimum absolute atomic E-state index is 0.0581. The Bertz CT molecular complexity index is 560. The van der Waals surface area contributed by atoms with Crippen molar-refractivity contribution < 1.29 is 4.79 Å². The van der Waals surface area contributed by atoms with Crippen LogP contribution in [0.5, 0.6) is 0 Å². The molecular formula is C18H19NO. The Labute approximate surface area is 120 Å². The SMILES string of the molecule is CC(Cc1ccccc1)NC(=O)/C=C\c1ccccc1. The molecule has 0 radical (unpaired) electrons. The monoisotopic (exact) mass is 265 g/mol. The highest BCUT2D eigenvalue weighted by Crippen LogP contribution is 2.03. The van der Waals surface area contributed by atoms with Crippen molar-refractivity contribution >= 4 is 12.0 Å². The Hall–Kier alpha value is -2.35. The third-order valence-corrected chi connectivity index (χ3v) is 3.00. The van der Waals surface area contributed by atoms with Gasteiger partial charge in [-0.3, -0.25) is 4.79 Å². The minimum atomic E-state index is -0.0581. The van der Waals surface area contributed by atoms with Crippen LogP contribution in [0.3, 0.4) is 0 Å². The van der Waals surface area contributed by atoms with E-state index in [4.69, 9.17) is 0 Å². The Morgan fingerprint density at radius 2 is 1.65 bits per heavy atom. The van der Waals surface area contributed by atoms with Crippen LogP contribution < -0.4 is 5.32 Å². The van der Waals surface area contributed by atoms with Crippen LogP contribution in [-0.4, -0.2) is 11.9 Å². The number of hydrogen-bond donors (Lipinski definition) is 1. The van der Waals surface area contributed by atoms with Crippen LogP contribution in [0, 0.1) is 0 Å². The number of nitrogens with one attached hydrogen (secondary N) is 1. The molecule has 0 fully saturated rings. The fraction of sp³-hybridized carbons (Fsp3) is 0.167. The number of benzene rings is 2. The Morgan fingerprint density at radius 1 is 1.05 bits per heavy atom. The van der Waals surface area contributed by atoms with Crippen LogP contribution in [0.2, 0.25) is 0 Å². The number of carbonyl (C=O) groups excluding carboxylic acids is 1. The molecule has 0 aliphatic heterocycles. The first kappa shape index (κ1) is 14.1. The maximum absolute atomic E-state index is 11.8. The number of rotatable bonds is 5. The molecule has 0 saturated heterocycles. The summed E-state index contributed by atoms with van der Waals surface area (Å²) < 4.78 is 0. The minimum Gasteiger partial charge on any atom is -0.350 e. The van der Waals surface area contributed by atoms with Crippen LogP contribution in [-0.2, 0) is 11.2 Å².